The number of fused-ring (bicyclic) bond motifs is 5. The van der Waals surface area contributed by atoms with Crippen molar-refractivity contribution >= 4 is 17.5 Å². The zero-order valence-corrected chi connectivity index (χ0v) is 21.3. The predicted molar refractivity (Wildman–Crippen MR) is 126 cm³/mol. The standard InChI is InChI=1S/C26H34FNO9/c1-15-11-19-18-7-6-16-12-17(30)8-9-23(16,2)25(18,27)20(31)13-24(19,3)26(15,21(32)14-29)37-22(33)5-4-10-36-28(34)35/h8-9,12,15,18-20,29,31H,4-7,10-11,13-14H2,1-3H3/t15-,18?,19?,20-,23-,24-,25-,26-/m0/s1. The van der Waals surface area contributed by atoms with Crippen LogP contribution in [0.4, 0.5) is 4.39 Å². The third kappa shape index (κ3) is 3.76. The number of aliphatic hydroxyl groups is 2. The molecule has 0 aromatic carbocycles. The highest BCUT2D eigenvalue weighted by atomic mass is 19.1. The summed E-state index contributed by atoms with van der Waals surface area (Å²) in [6.45, 7) is 3.91. The Hall–Kier alpha value is -2.66. The van der Waals surface area contributed by atoms with Crippen molar-refractivity contribution in [2.24, 2.45) is 28.6 Å². The Balaban J connectivity index is 1.70. The normalized spacial score (nSPS) is 42.2. The van der Waals surface area contributed by atoms with Gasteiger partial charge in [0.15, 0.2) is 17.1 Å². The topological polar surface area (TPSA) is 153 Å². The van der Waals surface area contributed by atoms with Gasteiger partial charge in [-0.1, -0.05) is 25.5 Å². The molecule has 0 amide bonds. The van der Waals surface area contributed by atoms with E-state index in [0.29, 0.717) is 24.8 Å². The fourth-order valence-electron chi connectivity index (χ4n) is 8.10. The molecular weight excluding hydrogens is 489 g/mol. The van der Waals surface area contributed by atoms with Crippen LogP contribution < -0.4 is 0 Å². The highest BCUT2D eigenvalue weighted by Crippen LogP contribution is 2.71. The van der Waals surface area contributed by atoms with Gasteiger partial charge in [-0.3, -0.25) is 14.4 Å². The molecule has 10 nitrogen and oxygen atoms in total. The van der Waals surface area contributed by atoms with E-state index in [0.717, 1.165) is 0 Å². The maximum atomic E-state index is 17.3. The van der Waals surface area contributed by atoms with Gasteiger partial charge in [-0.25, -0.2) is 4.39 Å². The Morgan fingerprint density at radius 1 is 1.30 bits per heavy atom. The molecular formula is C26H34FNO9. The van der Waals surface area contributed by atoms with Crippen LogP contribution in [0.5, 0.6) is 0 Å². The van der Waals surface area contributed by atoms with Crippen LogP contribution in [0, 0.1) is 38.7 Å². The van der Waals surface area contributed by atoms with Crippen molar-refractivity contribution in [3.63, 3.8) is 0 Å². The van der Waals surface area contributed by atoms with Crippen LogP contribution in [-0.2, 0) is 24.0 Å². The SMILES string of the molecule is C[C@H]1CC2C3CCC4=CC(=O)C=C[C@]4(C)[C@@]3(F)[C@@H](O)C[C@]2(C)[C@@]1(OC(=O)CCCO[N+](=O)[O-])C(=O)CO. The minimum atomic E-state index is -2.11. The van der Waals surface area contributed by atoms with Crippen molar-refractivity contribution in [1.29, 1.82) is 0 Å². The van der Waals surface area contributed by atoms with Gasteiger partial charge in [-0.05, 0) is 57.1 Å². The smallest absolute Gasteiger partial charge is 0.306 e. The summed E-state index contributed by atoms with van der Waals surface area (Å²) >= 11 is 0. The number of carbonyl (C=O) groups excluding carboxylic acids is 3. The average molecular weight is 524 g/mol. The number of hydrogen-bond acceptors (Lipinski definition) is 9. The van der Waals surface area contributed by atoms with Gasteiger partial charge in [0.1, 0.15) is 6.61 Å². The van der Waals surface area contributed by atoms with Gasteiger partial charge in [0, 0.05) is 29.1 Å². The second-order valence-electron chi connectivity index (χ2n) is 11.4. The number of rotatable bonds is 8. The van der Waals surface area contributed by atoms with Gasteiger partial charge in [0.2, 0.25) is 5.78 Å². The van der Waals surface area contributed by atoms with Crippen LogP contribution in [-0.4, -0.2) is 63.4 Å². The Kier molecular flexibility index (Phi) is 6.86. The summed E-state index contributed by atoms with van der Waals surface area (Å²) in [7, 11) is 0. The summed E-state index contributed by atoms with van der Waals surface area (Å²) in [6.07, 6.45) is 3.44. The van der Waals surface area contributed by atoms with Crippen molar-refractivity contribution in [1.82, 2.24) is 0 Å². The zero-order valence-electron chi connectivity index (χ0n) is 21.3. The van der Waals surface area contributed by atoms with Gasteiger partial charge in [0.25, 0.3) is 5.09 Å². The Labute approximate surface area is 214 Å². The number of esters is 1. The molecule has 0 spiro atoms. The number of aliphatic hydroxyl groups excluding tert-OH is 2. The first-order chi connectivity index (χ1) is 17.3. The Morgan fingerprint density at radius 2 is 2.00 bits per heavy atom. The van der Waals surface area contributed by atoms with Gasteiger partial charge in [-0.15, -0.1) is 10.1 Å². The molecule has 0 aliphatic heterocycles. The molecule has 4 aliphatic rings. The number of allylic oxidation sites excluding steroid dienone is 4. The van der Waals surface area contributed by atoms with Crippen LogP contribution in [0.2, 0.25) is 0 Å². The third-order valence-corrected chi connectivity index (χ3v) is 9.74. The fraction of sp³-hybridized carbons (Fsp3) is 0.731. The Morgan fingerprint density at radius 3 is 2.65 bits per heavy atom. The second kappa shape index (κ2) is 9.27. The zero-order chi connectivity index (χ0) is 27.4. The number of nitrogens with zero attached hydrogens (tertiary/aromatic N) is 1. The van der Waals surface area contributed by atoms with Crippen molar-refractivity contribution in [2.75, 3.05) is 13.2 Å². The number of alkyl halides is 1. The van der Waals surface area contributed by atoms with Crippen LogP contribution in [0.15, 0.2) is 23.8 Å². The summed E-state index contributed by atoms with van der Waals surface area (Å²) < 4.78 is 23.2. The van der Waals surface area contributed by atoms with Crippen LogP contribution in [0.3, 0.4) is 0 Å². The molecule has 3 fully saturated rings. The fourth-order valence-corrected chi connectivity index (χ4v) is 8.10. The van der Waals surface area contributed by atoms with E-state index in [1.54, 1.807) is 26.8 Å². The Bertz CT molecular complexity index is 1070. The number of ketones is 2. The molecule has 37 heavy (non-hydrogen) atoms. The van der Waals surface area contributed by atoms with E-state index in [9.17, 15) is 34.7 Å². The van der Waals surface area contributed by atoms with Crippen LogP contribution >= 0.6 is 0 Å². The number of hydrogen-bond donors (Lipinski definition) is 2. The number of Topliss-reactive ketones (excluding diaryl/α,β-unsaturated/α-hetero) is 1. The molecule has 4 aliphatic carbocycles. The summed E-state index contributed by atoms with van der Waals surface area (Å²) in [4.78, 5) is 52.8. The van der Waals surface area contributed by atoms with Crippen molar-refractivity contribution < 1.29 is 43.6 Å². The molecule has 0 bridgehead atoms. The third-order valence-electron chi connectivity index (χ3n) is 9.74. The average Bonchev–Trinajstić information content (AvgIpc) is 3.04. The molecule has 0 aromatic heterocycles. The molecule has 3 saturated carbocycles. The highest BCUT2D eigenvalue weighted by molar-refractivity contribution is 6.01. The van der Waals surface area contributed by atoms with Crippen LogP contribution in [0.1, 0.15) is 59.3 Å². The molecule has 8 atom stereocenters. The number of carbonyl (C=O) groups is 3. The van der Waals surface area contributed by atoms with Crippen molar-refractivity contribution in [3.8, 4) is 0 Å². The first kappa shape index (κ1) is 27.4. The van der Waals surface area contributed by atoms with E-state index in [-0.39, 0.29) is 31.7 Å². The van der Waals surface area contributed by atoms with Gasteiger partial charge >= 0.3 is 5.97 Å². The molecule has 0 aromatic rings. The minimum absolute atomic E-state index is 0.0188. The van der Waals surface area contributed by atoms with Gasteiger partial charge in [-0.2, -0.15) is 0 Å². The second-order valence-corrected chi connectivity index (χ2v) is 11.4. The van der Waals surface area contributed by atoms with E-state index in [1.165, 1.54) is 12.2 Å². The molecule has 204 valence electrons. The molecule has 2 unspecified atom stereocenters. The quantitative estimate of drug-likeness (QED) is 0.211. The lowest BCUT2D eigenvalue weighted by Gasteiger charge is -2.62. The van der Waals surface area contributed by atoms with Crippen molar-refractivity contribution in [2.45, 2.75) is 76.7 Å². The summed E-state index contributed by atoms with van der Waals surface area (Å²) in [5.41, 5.74) is -5.65. The van der Waals surface area contributed by atoms with E-state index < -0.39 is 69.4 Å². The molecule has 2 N–H and O–H groups in total. The predicted octanol–water partition coefficient (Wildman–Crippen LogP) is 2.44. The molecule has 4 rings (SSSR count). The first-order valence-corrected chi connectivity index (χ1v) is 12.7. The van der Waals surface area contributed by atoms with Gasteiger partial charge in [0.05, 0.1) is 12.7 Å². The van der Waals surface area contributed by atoms with Crippen molar-refractivity contribution in [3.05, 3.63) is 33.9 Å². The molecule has 11 heteroatoms. The first-order valence-electron chi connectivity index (χ1n) is 12.7. The molecule has 0 heterocycles. The molecule has 0 radical (unpaired) electrons. The van der Waals surface area contributed by atoms with E-state index in [1.807, 2.05) is 0 Å². The maximum Gasteiger partial charge on any atom is 0.306 e. The lowest BCUT2D eigenvalue weighted by atomic mass is 9.44. The lowest BCUT2D eigenvalue weighted by molar-refractivity contribution is -0.757. The van der Waals surface area contributed by atoms with E-state index in [2.05, 4.69) is 4.84 Å². The monoisotopic (exact) mass is 523 g/mol. The van der Waals surface area contributed by atoms with Crippen LogP contribution in [0.25, 0.3) is 0 Å². The van der Waals surface area contributed by atoms with Gasteiger partial charge < -0.3 is 19.8 Å². The molecule has 0 saturated heterocycles. The highest BCUT2D eigenvalue weighted by Gasteiger charge is 2.77. The largest absolute Gasteiger partial charge is 0.450 e. The minimum Gasteiger partial charge on any atom is -0.450 e. The number of halogens is 1. The summed E-state index contributed by atoms with van der Waals surface area (Å²) in [5, 5.41) is 30.8. The lowest BCUT2D eigenvalue weighted by Crippen LogP contribution is -2.70. The summed E-state index contributed by atoms with van der Waals surface area (Å²) in [6, 6.07) is 0. The van der Waals surface area contributed by atoms with E-state index >= 15 is 4.39 Å². The number of ether oxygens (including phenoxy) is 1. The maximum absolute atomic E-state index is 17.3. The summed E-state index contributed by atoms with van der Waals surface area (Å²) in [5.74, 6) is -3.45. The van der Waals surface area contributed by atoms with E-state index in [4.69, 9.17) is 4.74 Å².